The number of amides is 3. The third kappa shape index (κ3) is 8.99. The van der Waals surface area contributed by atoms with E-state index in [4.69, 9.17) is 4.74 Å². The maximum Gasteiger partial charge on any atom is 0.408 e. The summed E-state index contributed by atoms with van der Waals surface area (Å²) in [4.78, 5) is 40.0. The molecule has 0 aliphatic rings. The standard InChI is InChI=1S/C24H39N3O4/c1-9-10-15-25-21(29)20(18-13-11-17(2)12-14-18)27(23(3,4)5)19(28)16-26-22(30)31-24(6,7)8/h11-14,20H,9-10,15-16H2,1-8H3,(H,25,29)(H,26,30). The lowest BCUT2D eigenvalue weighted by Gasteiger charge is -2.41. The Kier molecular flexibility index (Phi) is 9.53. The molecule has 0 saturated carbocycles. The van der Waals surface area contributed by atoms with Gasteiger partial charge in [-0.3, -0.25) is 9.59 Å². The van der Waals surface area contributed by atoms with Crippen molar-refractivity contribution in [1.82, 2.24) is 15.5 Å². The van der Waals surface area contributed by atoms with Gasteiger partial charge in [0.2, 0.25) is 11.8 Å². The highest BCUT2D eigenvalue weighted by Gasteiger charge is 2.38. The van der Waals surface area contributed by atoms with Crippen molar-refractivity contribution >= 4 is 17.9 Å². The van der Waals surface area contributed by atoms with Gasteiger partial charge in [-0.15, -0.1) is 0 Å². The first-order valence-corrected chi connectivity index (χ1v) is 10.9. The van der Waals surface area contributed by atoms with Gasteiger partial charge in [-0.05, 0) is 60.5 Å². The summed E-state index contributed by atoms with van der Waals surface area (Å²) in [5, 5.41) is 5.47. The van der Waals surface area contributed by atoms with E-state index in [0.717, 1.165) is 24.0 Å². The third-order valence-corrected chi connectivity index (χ3v) is 4.50. The van der Waals surface area contributed by atoms with Gasteiger partial charge >= 0.3 is 6.09 Å². The van der Waals surface area contributed by atoms with Crippen LogP contribution in [-0.2, 0) is 14.3 Å². The van der Waals surface area contributed by atoms with Crippen molar-refractivity contribution in [3.63, 3.8) is 0 Å². The Hall–Kier alpha value is -2.57. The Morgan fingerprint density at radius 2 is 1.58 bits per heavy atom. The van der Waals surface area contributed by atoms with E-state index in [1.807, 2.05) is 52.0 Å². The second-order valence-electron chi connectivity index (χ2n) is 9.75. The fourth-order valence-corrected chi connectivity index (χ4v) is 3.10. The van der Waals surface area contributed by atoms with E-state index < -0.39 is 23.3 Å². The molecule has 0 spiro atoms. The molecule has 0 aliphatic carbocycles. The summed E-state index contributed by atoms with van der Waals surface area (Å²) in [6, 6.07) is 6.77. The van der Waals surface area contributed by atoms with Crippen LogP contribution in [0.1, 0.15) is 78.5 Å². The number of unbranched alkanes of at least 4 members (excludes halogenated alkanes) is 1. The molecule has 0 radical (unpaired) electrons. The van der Waals surface area contributed by atoms with Gasteiger partial charge in [0.15, 0.2) is 0 Å². The highest BCUT2D eigenvalue weighted by atomic mass is 16.6. The number of rotatable bonds is 8. The zero-order valence-electron chi connectivity index (χ0n) is 20.3. The highest BCUT2D eigenvalue weighted by molar-refractivity contribution is 5.91. The molecule has 31 heavy (non-hydrogen) atoms. The predicted molar refractivity (Wildman–Crippen MR) is 123 cm³/mol. The molecular formula is C24H39N3O4. The van der Waals surface area contributed by atoms with Gasteiger partial charge in [0, 0.05) is 12.1 Å². The van der Waals surface area contributed by atoms with Crippen LogP contribution in [-0.4, -0.2) is 47.0 Å². The molecule has 1 atom stereocenters. The van der Waals surface area contributed by atoms with E-state index >= 15 is 0 Å². The first-order valence-electron chi connectivity index (χ1n) is 10.9. The Balaban J connectivity index is 3.19. The van der Waals surface area contributed by atoms with Crippen molar-refractivity contribution in [3.8, 4) is 0 Å². The van der Waals surface area contributed by atoms with Gasteiger partial charge in [-0.1, -0.05) is 43.2 Å². The summed E-state index contributed by atoms with van der Waals surface area (Å²) in [5.41, 5.74) is 0.458. The van der Waals surface area contributed by atoms with E-state index in [9.17, 15) is 14.4 Å². The number of aryl methyl sites for hydroxylation is 1. The Morgan fingerprint density at radius 1 is 1.00 bits per heavy atom. The molecule has 1 aromatic carbocycles. The topological polar surface area (TPSA) is 87.7 Å². The molecule has 1 rings (SSSR count). The zero-order valence-corrected chi connectivity index (χ0v) is 20.3. The molecule has 0 saturated heterocycles. The van der Waals surface area contributed by atoms with Gasteiger partial charge in [0.05, 0.1) is 0 Å². The second-order valence-corrected chi connectivity index (χ2v) is 9.75. The number of nitrogens with one attached hydrogen (secondary N) is 2. The smallest absolute Gasteiger partial charge is 0.408 e. The lowest BCUT2D eigenvalue weighted by atomic mass is 9.96. The van der Waals surface area contributed by atoms with Crippen LogP contribution in [0.2, 0.25) is 0 Å². The fraction of sp³-hybridized carbons (Fsp3) is 0.625. The molecule has 0 heterocycles. The minimum atomic E-state index is -0.814. The number of ether oxygens (including phenoxy) is 1. The van der Waals surface area contributed by atoms with E-state index in [-0.39, 0.29) is 18.4 Å². The molecule has 3 amide bonds. The highest BCUT2D eigenvalue weighted by Crippen LogP contribution is 2.29. The predicted octanol–water partition coefficient (Wildman–Crippen LogP) is 4.10. The van der Waals surface area contributed by atoms with Crippen molar-refractivity contribution in [3.05, 3.63) is 35.4 Å². The van der Waals surface area contributed by atoms with E-state index in [2.05, 4.69) is 17.6 Å². The average Bonchev–Trinajstić information content (AvgIpc) is 2.62. The molecule has 1 aromatic rings. The van der Waals surface area contributed by atoms with Gasteiger partial charge in [-0.25, -0.2) is 4.79 Å². The van der Waals surface area contributed by atoms with Crippen LogP contribution >= 0.6 is 0 Å². The molecule has 7 nitrogen and oxygen atoms in total. The summed E-state index contributed by atoms with van der Waals surface area (Å²) in [5.74, 6) is -0.604. The van der Waals surface area contributed by atoms with Gasteiger partial charge < -0.3 is 20.3 Å². The summed E-state index contributed by atoms with van der Waals surface area (Å²) < 4.78 is 5.22. The number of hydrogen-bond acceptors (Lipinski definition) is 4. The fourth-order valence-electron chi connectivity index (χ4n) is 3.10. The van der Waals surface area contributed by atoms with Crippen LogP contribution in [0.3, 0.4) is 0 Å². The normalized spacial score (nSPS) is 12.6. The van der Waals surface area contributed by atoms with Crippen LogP contribution in [0, 0.1) is 6.92 Å². The maximum atomic E-state index is 13.3. The molecule has 0 fully saturated rings. The summed E-state index contributed by atoms with van der Waals surface area (Å²) >= 11 is 0. The van der Waals surface area contributed by atoms with Gasteiger partial charge in [-0.2, -0.15) is 0 Å². The third-order valence-electron chi connectivity index (χ3n) is 4.50. The minimum absolute atomic E-state index is 0.238. The minimum Gasteiger partial charge on any atom is -0.444 e. The van der Waals surface area contributed by atoms with Crippen LogP contribution in [0.4, 0.5) is 4.79 Å². The van der Waals surface area contributed by atoms with Crippen molar-refractivity contribution in [2.24, 2.45) is 0 Å². The number of carbonyl (C=O) groups is 3. The van der Waals surface area contributed by atoms with Gasteiger partial charge in [0.25, 0.3) is 0 Å². The Labute approximate surface area is 186 Å². The Bertz CT molecular complexity index is 746. The van der Waals surface area contributed by atoms with Crippen molar-refractivity contribution < 1.29 is 19.1 Å². The first-order chi connectivity index (χ1) is 14.3. The summed E-state index contributed by atoms with van der Waals surface area (Å²) in [7, 11) is 0. The average molecular weight is 434 g/mol. The van der Waals surface area contributed by atoms with Crippen LogP contribution in [0.15, 0.2) is 24.3 Å². The number of nitrogens with zero attached hydrogens (tertiary/aromatic N) is 1. The number of carbonyl (C=O) groups excluding carboxylic acids is 3. The van der Waals surface area contributed by atoms with E-state index in [1.165, 1.54) is 4.90 Å². The molecule has 0 aliphatic heterocycles. The molecule has 0 aromatic heterocycles. The monoisotopic (exact) mass is 433 g/mol. The van der Waals surface area contributed by atoms with Crippen LogP contribution < -0.4 is 10.6 Å². The van der Waals surface area contributed by atoms with Crippen molar-refractivity contribution in [1.29, 1.82) is 0 Å². The van der Waals surface area contributed by atoms with E-state index in [1.54, 1.807) is 20.8 Å². The summed E-state index contributed by atoms with van der Waals surface area (Å²) in [6.45, 7) is 15.2. The molecular weight excluding hydrogens is 394 g/mol. The zero-order chi connectivity index (χ0) is 23.8. The summed E-state index contributed by atoms with van der Waals surface area (Å²) in [6.07, 6.45) is 1.14. The lowest BCUT2D eigenvalue weighted by molar-refractivity contribution is -0.145. The van der Waals surface area contributed by atoms with Crippen LogP contribution in [0.5, 0.6) is 0 Å². The molecule has 2 N–H and O–H groups in total. The first kappa shape index (κ1) is 26.5. The van der Waals surface area contributed by atoms with Crippen LogP contribution in [0.25, 0.3) is 0 Å². The largest absolute Gasteiger partial charge is 0.444 e. The van der Waals surface area contributed by atoms with Crippen molar-refractivity contribution in [2.45, 2.75) is 85.4 Å². The quantitative estimate of drug-likeness (QED) is 0.604. The number of hydrogen-bond donors (Lipinski definition) is 2. The molecule has 7 heteroatoms. The van der Waals surface area contributed by atoms with Gasteiger partial charge in [0.1, 0.15) is 18.2 Å². The SMILES string of the molecule is CCCCNC(=O)C(c1ccc(C)cc1)N(C(=O)CNC(=O)OC(C)(C)C)C(C)(C)C. The maximum absolute atomic E-state index is 13.3. The number of alkyl carbamates (subject to hydrolysis) is 1. The molecule has 174 valence electrons. The van der Waals surface area contributed by atoms with Crippen molar-refractivity contribution in [2.75, 3.05) is 13.1 Å². The molecule has 1 unspecified atom stereocenters. The molecule has 0 bridgehead atoms. The lowest BCUT2D eigenvalue weighted by Crippen LogP contribution is -2.55. The van der Waals surface area contributed by atoms with E-state index in [0.29, 0.717) is 6.54 Å². The second kappa shape index (κ2) is 11.2. The number of benzene rings is 1. The Morgan fingerprint density at radius 3 is 2.06 bits per heavy atom.